The van der Waals surface area contributed by atoms with E-state index in [1.807, 2.05) is 24.3 Å². The van der Waals surface area contributed by atoms with Gasteiger partial charge in [0.1, 0.15) is 6.04 Å². The first-order valence-corrected chi connectivity index (χ1v) is 8.32. The van der Waals surface area contributed by atoms with Crippen molar-refractivity contribution in [3.63, 3.8) is 0 Å². The molecule has 8 heteroatoms. The van der Waals surface area contributed by atoms with Crippen LogP contribution in [-0.2, 0) is 4.79 Å². The van der Waals surface area contributed by atoms with E-state index in [2.05, 4.69) is 20.4 Å². The number of aromatic nitrogens is 4. The van der Waals surface area contributed by atoms with Crippen molar-refractivity contribution >= 4 is 23.5 Å². The molecule has 3 heterocycles. The van der Waals surface area contributed by atoms with Gasteiger partial charge in [-0.3, -0.25) is 9.78 Å². The van der Waals surface area contributed by atoms with Gasteiger partial charge in [-0.15, -0.1) is 5.10 Å². The van der Waals surface area contributed by atoms with Gasteiger partial charge >= 0.3 is 0 Å². The summed E-state index contributed by atoms with van der Waals surface area (Å²) in [5.74, 6) is 0.562. The number of anilines is 1. The molecule has 3 aromatic rings. The van der Waals surface area contributed by atoms with Crippen LogP contribution in [0.1, 0.15) is 18.5 Å². The molecular weight excluding hydrogens is 352 g/mol. The number of nitrogens with one attached hydrogen (secondary N) is 1. The highest BCUT2D eigenvalue weighted by molar-refractivity contribution is 6.30. The van der Waals surface area contributed by atoms with Crippen molar-refractivity contribution in [1.82, 2.24) is 19.7 Å². The molecule has 1 aliphatic heterocycles. The minimum absolute atomic E-state index is 0.441. The van der Waals surface area contributed by atoms with E-state index >= 15 is 0 Å². The van der Waals surface area contributed by atoms with E-state index in [0.717, 1.165) is 11.1 Å². The Morgan fingerprint density at radius 2 is 1.88 bits per heavy atom. The number of nitrogens with two attached hydrogens (primary N) is 1. The van der Waals surface area contributed by atoms with Crippen molar-refractivity contribution in [2.75, 3.05) is 5.32 Å². The molecule has 1 aromatic carbocycles. The molecule has 2 aromatic heterocycles. The second-order valence-electron chi connectivity index (χ2n) is 5.92. The lowest BCUT2D eigenvalue weighted by atomic mass is 9.96. The third-order valence-corrected chi connectivity index (χ3v) is 4.49. The quantitative estimate of drug-likeness (QED) is 0.742. The molecular formula is C18H15ClN6O. The fourth-order valence-corrected chi connectivity index (χ4v) is 3.17. The number of amides is 1. The predicted molar refractivity (Wildman–Crippen MR) is 98.4 cm³/mol. The number of rotatable bonds is 3. The predicted octanol–water partition coefficient (Wildman–Crippen LogP) is 2.77. The summed E-state index contributed by atoms with van der Waals surface area (Å²) in [5, 5.41) is 8.37. The number of halogens is 1. The molecule has 1 amide bonds. The number of benzene rings is 1. The van der Waals surface area contributed by atoms with Gasteiger partial charge in [0, 0.05) is 28.7 Å². The van der Waals surface area contributed by atoms with E-state index in [-0.39, 0.29) is 0 Å². The summed E-state index contributed by atoms with van der Waals surface area (Å²) < 4.78 is 1.67. The number of hydrogen-bond acceptors (Lipinski definition) is 5. The van der Waals surface area contributed by atoms with Crippen LogP contribution < -0.4 is 11.1 Å². The number of hydrogen-bond donors (Lipinski definition) is 2. The lowest BCUT2D eigenvalue weighted by molar-refractivity contribution is -0.115. The molecule has 7 nitrogen and oxygen atoms in total. The Labute approximate surface area is 154 Å². The number of carbonyl (C=O) groups excluding carboxylic acids is 1. The fourth-order valence-electron chi connectivity index (χ4n) is 3.05. The number of fused-ring (bicyclic) bond motifs is 1. The van der Waals surface area contributed by atoms with Crippen molar-refractivity contribution in [1.29, 1.82) is 0 Å². The number of allylic oxidation sites excluding steroid dienone is 1. The van der Waals surface area contributed by atoms with Crippen LogP contribution >= 0.6 is 11.6 Å². The van der Waals surface area contributed by atoms with E-state index in [1.54, 1.807) is 36.1 Å². The average molecular weight is 367 g/mol. The van der Waals surface area contributed by atoms with E-state index in [1.165, 1.54) is 0 Å². The molecule has 0 saturated carbocycles. The molecule has 3 N–H and O–H groups in total. The highest BCUT2D eigenvalue weighted by Gasteiger charge is 2.33. The molecule has 0 fully saturated rings. The van der Waals surface area contributed by atoms with Crippen LogP contribution in [0.3, 0.4) is 0 Å². The lowest BCUT2D eigenvalue weighted by Crippen LogP contribution is -2.31. The highest BCUT2D eigenvalue weighted by Crippen LogP contribution is 2.35. The minimum Gasteiger partial charge on any atom is -0.366 e. The maximum absolute atomic E-state index is 12.1. The van der Waals surface area contributed by atoms with Crippen molar-refractivity contribution < 1.29 is 4.79 Å². The zero-order valence-electron chi connectivity index (χ0n) is 13.8. The molecule has 1 atom stereocenters. The Kier molecular flexibility index (Phi) is 3.93. The summed E-state index contributed by atoms with van der Waals surface area (Å²) in [5.41, 5.74) is 8.42. The Hall–Kier alpha value is -3.19. The summed E-state index contributed by atoms with van der Waals surface area (Å²) in [6.45, 7) is 1.80. The van der Waals surface area contributed by atoms with Gasteiger partial charge in [0.15, 0.2) is 5.82 Å². The van der Waals surface area contributed by atoms with Crippen molar-refractivity contribution in [2.24, 2.45) is 5.73 Å². The van der Waals surface area contributed by atoms with E-state index in [0.29, 0.717) is 28.1 Å². The van der Waals surface area contributed by atoms with Crippen LogP contribution in [0.4, 0.5) is 5.95 Å². The third kappa shape index (κ3) is 2.72. The summed E-state index contributed by atoms with van der Waals surface area (Å²) in [7, 11) is 0. The van der Waals surface area contributed by atoms with Crippen LogP contribution in [0.2, 0.25) is 5.02 Å². The maximum Gasteiger partial charge on any atom is 0.248 e. The van der Waals surface area contributed by atoms with Crippen molar-refractivity contribution in [3.8, 4) is 11.4 Å². The first-order chi connectivity index (χ1) is 12.5. The Balaban J connectivity index is 1.87. The summed E-state index contributed by atoms with van der Waals surface area (Å²) in [6, 6.07) is 10.5. The Morgan fingerprint density at radius 3 is 2.54 bits per heavy atom. The van der Waals surface area contributed by atoms with Gasteiger partial charge in [0.2, 0.25) is 11.9 Å². The smallest absolute Gasteiger partial charge is 0.248 e. The second-order valence-corrected chi connectivity index (χ2v) is 6.36. The summed E-state index contributed by atoms with van der Waals surface area (Å²) >= 11 is 5.95. The van der Waals surface area contributed by atoms with E-state index in [9.17, 15) is 4.79 Å². The van der Waals surface area contributed by atoms with Gasteiger partial charge in [-0.2, -0.15) is 4.98 Å². The normalized spacial score (nSPS) is 16.2. The van der Waals surface area contributed by atoms with Gasteiger partial charge in [-0.1, -0.05) is 11.6 Å². The molecule has 0 bridgehead atoms. The number of primary amides is 1. The zero-order chi connectivity index (χ0) is 18.3. The van der Waals surface area contributed by atoms with Gasteiger partial charge < -0.3 is 11.1 Å². The van der Waals surface area contributed by atoms with Gasteiger partial charge in [0.05, 0.1) is 5.57 Å². The molecule has 0 saturated heterocycles. The molecule has 26 heavy (non-hydrogen) atoms. The second kappa shape index (κ2) is 6.27. The first-order valence-electron chi connectivity index (χ1n) is 7.94. The van der Waals surface area contributed by atoms with Crippen LogP contribution in [-0.4, -0.2) is 25.7 Å². The Morgan fingerprint density at radius 1 is 1.19 bits per heavy atom. The molecule has 0 spiro atoms. The van der Waals surface area contributed by atoms with Crippen LogP contribution in [0, 0.1) is 0 Å². The topological polar surface area (TPSA) is 98.7 Å². The summed E-state index contributed by atoms with van der Waals surface area (Å²) in [4.78, 5) is 20.7. The molecule has 130 valence electrons. The molecule has 0 unspecified atom stereocenters. The number of nitrogens with zero attached hydrogens (tertiary/aromatic N) is 4. The standard InChI is InChI=1S/C18H15ClN6O/c1-10-14(16(20)26)15(11-6-8-21-9-7-11)25-18(22-10)23-17(24-25)12-2-4-13(19)5-3-12/h2-9,15H,1H3,(H2,20,26)(H,22,23,24)/t15-/m0/s1. The molecule has 1 aliphatic rings. The molecule has 0 radical (unpaired) electrons. The fraction of sp³-hybridized carbons (Fsp3) is 0.111. The first kappa shape index (κ1) is 16.3. The lowest BCUT2D eigenvalue weighted by Gasteiger charge is -2.27. The molecule has 0 aliphatic carbocycles. The number of carbonyl (C=O) groups is 1. The van der Waals surface area contributed by atoms with E-state index in [4.69, 9.17) is 17.3 Å². The molecule has 4 rings (SSSR count). The minimum atomic E-state index is -0.508. The largest absolute Gasteiger partial charge is 0.366 e. The summed E-state index contributed by atoms with van der Waals surface area (Å²) in [6.07, 6.45) is 3.34. The SMILES string of the molecule is CC1=C(C(N)=O)[C@H](c2ccncc2)n2nc(-c3ccc(Cl)cc3)nc2N1. The number of pyridine rings is 1. The van der Waals surface area contributed by atoms with E-state index < -0.39 is 11.9 Å². The van der Waals surface area contributed by atoms with Crippen molar-refractivity contribution in [3.05, 3.63) is 70.6 Å². The zero-order valence-corrected chi connectivity index (χ0v) is 14.6. The highest BCUT2D eigenvalue weighted by atomic mass is 35.5. The third-order valence-electron chi connectivity index (χ3n) is 4.24. The monoisotopic (exact) mass is 366 g/mol. The van der Waals surface area contributed by atoms with Crippen LogP contribution in [0.15, 0.2) is 60.1 Å². The van der Waals surface area contributed by atoms with Gasteiger partial charge in [-0.05, 0) is 48.9 Å². The van der Waals surface area contributed by atoms with Crippen LogP contribution in [0.25, 0.3) is 11.4 Å². The van der Waals surface area contributed by atoms with Crippen molar-refractivity contribution in [2.45, 2.75) is 13.0 Å². The average Bonchev–Trinajstić information content (AvgIpc) is 3.05. The Bertz CT molecular complexity index is 1010. The maximum atomic E-state index is 12.1. The van der Waals surface area contributed by atoms with Gasteiger partial charge in [0.25, 0.3) is 0 Å². The van der Waals surface area contributed by atoms with Gasteiger partial charge in [-0.25, -0.2) is 4.68 Å². The van der Waals surface area contributed by atoms with Crippen LogP contribution in [0.5, 0.6) is 0 Å².